The number of fused-ring (bicyclic) bond motifs is 2. The average molecular weight is 479 g/mol. The van der Waals surface area contributed by atoms with Crippen LogP contribution in [0.25, 0.3) is 0 Å². The lowest BCUT2D eigenvalue weighted by Gasteiger charge is -2.05. The zero-order chi connectivity index (χ0) is 14.9. The van der Waals surface area contributed by atoms with Crippen molar-refractivity contribution in [2.24, 2.45) is 11.8 Å². The summed E-state index contributed by atoms with van der Waals surface area (Å²) in [4.78, 5) is 10.1. The molecule has 2 bridgehead atoms. The smallest absolute Gasteiger partial charge is 0.330 e. The van der Waals surface area contributed by atoms with Crippen LogP contribution in [0.1, 0.15) is 39.0 Å². The maximum Gasteiger partial charge on any atom is 0.330 e. The van der Waals surface area contributed by atoms with Crippen LogP contribution in [0, 0.1) is 11.8 Å². The van der Waals surface area contributed by atoms with Gasteiger partial charge in [0.1, 0.15) is 0 Å². The fourth-order valence-corrected chi connectivity index (χ4v) is 2.38. The van der Waals surface area contributed by atoms with Crippen molar-refractivity contribution in [1.29, 1.82) is 0 Å². The van der Waals surface area contributed by atoms with Gasteiger partial charge in [0.15, 0.2) is 0 Å². The van der Waals surface area contributed by atoms with Crippen LogP contribution in [0.15, 0.2) is 12.7 Å². The Balaban J connectivity index is 0.000000261. The minimum atomic E-state index is -1.17. The number of ether oxygens (including phenoxy) is 1. The lowest BCUT2D eigenvalue weighted by atomic mass is 10.0. The molecule has 0 radical (unpaired) electrons. The monoisotopic (exact) mass is 476 g/mol. The molecule has 2 saturated carbocycles. The van der Waals surface area contributed by atoms with Gasteiger partial charge in [0.05, 0.1) is 6.61 Å². The molecule has 0 heterocycles. The van der Waals surface area contributed by atoms with Gasteiger partial charge in [0, 0.05) is 6.08 Å². The summed E-state index contributed by atoms with van der Waals surface area (Å²) in [5, 5.41) is 0. The van der Waals surface area contributed by atoms with E-state index in [4.69, 9.17) is 0 Å². The normalized spacial score (nSPS) is 23.6. The van der Waals surface area contributed by atoms with Crippen molar-refractivity contribution in [3.8, 4) is 0 Å². The highest BCUT2D eigenvalue weighted by Crippen LogP contribution is 2.43. The van der Waals surface area contributed by atoms with Crippen LogP contribution in [0.4, 0.5) is 0 Å². The average Bonchev–Trinajstić information content (AvgIpc) is 2.92. The van der Waals surface area contributed by atoms with Gasteiger partial charge in [-0.1, -0.05) is 78.1 Å². The van der Waals surface area contributed by atoms with E-state index in [1.807, 2.05) is 0 Å². The van der Waals surface area contributed by atoms with Crippen molar-refractivity contribution >= 4 is 55.8 Å². The quantitative estimate of drug-likeness (QED) is 0.221. The number of rotatable bonds is 2. The molecule has 19 heavy (non-hydrogen) atoms. The molecule has 0 saturated heterocycles. The van der Waals surface area contributed by atoms with Gasteiger partial charge < -0.3 is 4.74 Å². The molecule has 2 rings (SSSR count). The predicted molar refractivity (Wildman–Crippen MR) is 95.3 cm³/mol. The Bertz CT molecular complexity index is 256. The van der Waals surface area contributed by atoms with Gasteiger partial charge in [-0.25, -0.2) is 4.79 Å². The molecule has 112 valence electrons. The van der Waals surface area contributed by atoms with E-state index in [0.29, 0.717) is 6.61 Å². The third kappa shape index (κ3) is 13.6. The van der Waals surface area contributed by atoms with Crippen LogP contribution in [0.3, 0.4) is 0 Å². The summed E-state index contributed by atoms with van der Waals surface area (Å²) in [7, 11) is 0. The topological polar surface area (TPSA) is 26.3 Å². The maximum absolute atomic E-state index is 10.1. The number of hydrogen-bond acceptors (Lipinski definition) is 2. The van der Waals surface area contributed by atoms with Gasteiger partial charge in [0.2, 0.25) is 0 Å². The molecule has 2 aliphatic carbocycles. The predicted octanol–water partition coefficient (Wildman–Crippen LogP) is 5.67. The van der Waals surface area contributed by atoms with E-state index in [2.05, 4.69) is 63.7 Å². The van der Waals surface area contributed by atoms with E-state index < -0.39 is 3.93 Å². The number of esters is 1. The van der Waals surface area contributed by atoms with Gasteiger partial charge >= 0.3 is 5.97 Å². The summed E-state index contributed by atoms with van der Waals surface area (Å²) in [5.74, 6) is 1.98. The highest BCUT2D eigenvalue weighted by atomic mass is 80.0. The fraction of sp³-hybridized carbons (Fsp3) is 0.769. The Morgan fingerprint density at radius 2 is 1.63 bits per heavy atom. The van der Waals surface area contributed by atoms with Gasteiger partial charge in [-0.3, -0.25) is 0 Å². The van der Waals surface area contributed by atoms with Crippen molar-refractivity contribution in [3.05, 3.63) is 12.7 Å². The van der Waals surface area contributed by atoms with Crippen molar-refractivity contribution in [3.63, 3.8) is 0 Å². The first-order valence-corrected chi connectivity index (χ1v) is 15.9. The van der Waals surface area contributed by atoms with Crippen molar-refractivity contribution in [2.45, 2.75) is 45.6 Å². The molecule has 2 fully saturated rings. The molecule has 0 unspecified atom stereocenters. The zero-order valence-electron chi connectivity index (χ0n) is 11.6. The number of halogens is 3. The summed E-state index contributed by atoms with van der Waals surface area (Å²) in [6.45, 7) is 7.45. The van der Waals surface area contributed by atoms with Crippen LogP contribution >= 0.6 is 45.9 Å². The third-order valence-corrected chi connectivity index (χ3v) is 3.09. The summed E-state index contributed by atoms with van der Waals surface area (Å²) in [6, 6.07) is 0. The Kier molecular flexibility index (Phi) is 11.1. The number of carbonyl (C=O) groups is 1. The Morgan fingerprint density at radius 1 is 1.26 bits per heavy atom. The molecule has 0 aromatic carbocycles. The SMILES string of the molecule is C1CC2CCC1C2.C=CC(=O)OCC.C[Si](Br)(Br)Br. The summed E-state index contributed by atoms with van der Waals surface area (Å²) in [6.07, 6.45) is 8.97. The van der Waals surface area contributed by atoms with Crippen molar-refractivity contribution in [1.82, 2.24) is 0 Å². The van der Waals surface area contributed by atoms with E-state index in [9.17, 15) is 4.79 Å². The van der Waals surface area contributed by atoms with Gasteiger partial charge in [-0.15, -0.1) is 0 Å². The van der Waals surface area contributed by atoms with Crippen molar-refractivity contribution < 1.29 is 9.53 Å². The van der Waals surface area contributed by atoms with E-state index in [1.165, 1.54) is 11.8 Å². The molecule has 2 aliphatic rings. The zero-order valence-corrected chi connectivity index (χ0v) is 17.4. The lowest BCUT2D eigenvalue weighted by molar-refractivity contribution is -0.137. The highest BCUT2D eigenvalue weighted by Gasteiger charge is 2.30. The Morgan fingerprint density at radius 3 is 1.74 bits per heavy atom. The minimum absolute atomic E-state index is 0.359. The number of hydrogen-bond donors (Lipinski definition) is 0. The molecule has 6 heteroatoms. The molecule has 0 N–H and O–H groups in total. The second-order valence-corrected chi connectivity index (χ2v) is 30.3. The van der Waals surface area contributed by atoms with E-state index in [1.54, 1.807) is 39.0 Å². The first kappa shape index (κ1) is 19.9. The van der Waals surface area contributed by atoms with Crippen LogP contribution < -0.4 is 0 Å². The van der Waals surface area contributed by atoms with Crippen LogP contribution in [0.5, 0.6) is 0 Å². The molecule has 0 spiro atoms. The third-order valence-electron chi connectivity index (χ3n) is 3.09. The van der Waals surface area contributed by atoms with Crippen LogP contribution in [-0.2, 0) is 9.53 Å². The molecule has 0 atom stereocenters. The lowest BCUT2D eigenvalue weighted by Crippen LogP contribution is -1.97. The molecular weight excluding hydrogens is 456 g/mol. The fourth-order valence-electron chi connectivity index (χ4n) is 2.38. The number of carbonyl (C=O) groups excluding carboxylic acids is 1. The summed E-state index contributed by atoms with van der Waals surface area (Å²) in [5.41, 5.74) is 0. The summed E-state index contributed by atoms with van der Waals surface area (Å²) >= 11 is 10.0. The van der Waals surface area contributed by atoms with Crippen LogP contribution in [0.2, 0.25) is 6.55 Å². The van der Waals surface area contributed by atoms with Crippen molar-refractivity contribution in [2.75, 3.05) is 6.61 Å². The van der Waals surface area contributed by atoms with Gasteiger partial charge in [-0.2, -0.15) is 0 Å². The van der Waals surface area contributed by atoms with Crippen LogP contribution in [-0.4, -0.2) is 16.5 Å². The summed E-state index contributed by atoms with van der Waals surface area (Å²) < 4.78 is 3.26. The van der Waals surface area contributed by atoms with E-state index in [0.717, 1.165) is 6.08 Å². The van der Waals surface area contributed by atoms with Gasteiger partial charge in [0.25, 0.3) is 3.93 Å². The van der Waals surface area contributed by atoms with E-state index in [-0.39, 0.29) is 5.97 Å². The Labute approximate surface area is 141 Å². The largest absolute Gasteiger partial charge is 0.463 e. The minimum Gasteiger partial charge on any atom is -0.463 e. The van der Waals surface area contributed by atoms with E-state index >= 15 is 0 Å². The second-order valence-electron chi connectivity index (χ2n) is 4.86. The standard InChI is InChI=1S/C7H12.C5H8O2.CH3Br3Si/c1-2-7-4-3-6(1)5-7;1-3-5(6)7-4-2;1-5(2,3)4/h6-7H,1-5H2;3H,1,4H2,2H3;1H3. The molecule has 0 aromatic heterocycles. The molecule has 0 amide bonds. The molecule has 0 aliphatic heterocycles. The second kappa shape index (κ2) is 10.6. The maximum atomic E-state index is 10.1. The Hall–Kier alpha value is 0.867. The van der Waals surface area contributed by atoms with Gasteiger partial charge in [-0.05, 0) is 31.7 Å². The first-order valence-electron chi connectivity index (χ1n) is 6.62. The highest BCUT2D eigenvalue weighted by molar-refractivity contribution is 9.71. The molecular formula is C13H23Br3O2Si. The first-order chi connectivity index (χ1) is 8.76. The molecule has 0 aromatic rings. The molecule has 2 nitrogen and oxygen atoms in total.